The molecule has 0 aliphatic rings. The van der Waals surface area contributed by atoms with Crippen molar-refractivity contribution in [3.63, 3.8) is 0 Å². The summed E-state index contributed by atoms with van der Waals surface area (Å²) in [6.45, 7) is 0. The lowest BCUT2D eigenvalue weighted by molar-refractivity contribution is 0.377. The van der Waals surface area contributed by atoms with E-state index < -0.39 is 0 Å². The number of rotatable bonds is 5. The molecule has 0 aliphatic carbocycles. The normalized spacial score (nSPS) is 10.1. The number of benzene rings is 2. The van der Waals surface area contributed by atoms with Gasteiger partial charge >= 0.3 is 0 Å². The van der Waals surface area contributed by atoms with Gasteiger partial charge in [0.05, 0.1) is 39.7 Å². The Morgan fingerprint density at radius 3 is 1.71 bits per heavy atom. The van der Waals surface area contributed by atoms with E-state index in [1.807, 2.05) is 18.2 Å². The number of methoxy groups -OCH3 is 4. The lowest BCUT2D eigenvalue weighted by Crippen LogP contribution is -1.97. The number of anilines is 1. The molecule has 2 aromatic rings. The molecule has 0 fully saturated rings. The molecule has 0 saturated carbocycles. The van der Waals surface area contributed by atoms with E-state index in [0.717, 1.165) is 11.1 Å². The average molecular weight is 289 g/mol. The largest absolute Gasteiger partial charge is 0.496 e. The highest BCUT2D eigenvalue weighted by molar-refractivity contribution is 5.81. The zero-order valence-corrected chi connectivity index (χ0v) is 12.6. The smallest absolute Gasteiger partial charge is 0.141 e. The van der Waals surface area contributed by atoms with Gasteiger partial charge in [0.25, 0.3) is 0 Å². The second kappa shape index (κ2) is 6.26. The molecule has 2 rings (SSSR count). The van der Waals surface area contributed by atoms with Crippen molar-refractivity contribution in [2.24, 2.45) is 0 Å². The number of ether oxygens (including phenoxy) is 4. The van der Waals surface area contributed by atoms with Crippen LogP contribution in [0.5, 0.6) is 23.0 Å². The van der Waals surface area contributed by atoms with Crippen LogP contribution in [-0.4, -0.2) is 28.4 Å². The Labute approximate surface area is 124 Å². The van der Waals surface area contributed by atoms with E-state index in [9.17, 15) is 0 Å². The maximum absolute atomic E-state index is 5.98. The minimum Gasteiger partial charge on any atom is -0.496 e. The van der Waals surface area contributed by atoms with Crippen LogP contribution in [0.25, 0.3) is 11.1 Å². The van der Waals surface area contributed by atoms with E-state index >= 15 is 0 Å². The number of hydrogen-bond donors (Lipinski definition) is 1. The molecule has 0 atom stereocenters. The number of nitrogens with two attached hydrogens (primary N) is 1. The Hall–Kier alpha value is -2.56. The van der Waals surface area contributed by atoms with Gasteiger partial charge in [-0.15, -0.1) is 0 Å². The first kappa shape index (κ1) is 14.8. The van der Waals surface area contributed by atoms with E-state index in [2.05, 4.69) is 0 Å². The van der Waals surface area contributed by atoms with Gasteiger partial charge in [-0.1, -0.05) is 6.07 Å². The molecule has 0 unspecified atom stereocenters. The van der Waals surface area contributed by atoms with Crippen LogP contribution in [0.1, 0.15) is 0 Å². The van der Waals surface area contributed by atoms with Crippen molar-refractivity contribution < 1.29 is 18.9 Å². The van der Waals surface area contributed by atoms with Crippen molar-refractivity contribution in [2.75, 3.05) is 34.2 Å². The molecule has 2 aromatic carbocycles. The maximum atomic E-state index is 5.98. The molecule has 0 bridgehead atoms. The van der Waals surface area contributed by atoms with Crippen molar-refractivity contribution in [3.8, 4) is 34.1 Å². The van der Waals surface area contributed by atoms with Crippen molar-refractivity contribution in [2.45, 2.75) is 0 Å². The van der Waals surface area contributed by atoms with Gasteiger partial charge in [-0.25, -0.2) is 0 Å². The molecule has 0 spiro atoms. The van der Waals surface area contributed by atoms with Crippen molar-refractivity contribution in [1.82, 2.24) is 0 Å². The highest BCUT2D eigenvalue weighted by Crippen LogP contribution is 2.43. The summed E-state index contributed by atoms with van der Waals surface area (Å²) in [5.41, 5.74) is 8.22. The summed E-state index contributed by atoms with van der Waals surface area (Å²) in [5, 5.41) is 0. The second-order valence-electron chi connectivity index (χ2n) is 4.36. The molecule has 0 amide bonds. The van der Waals surface area contributed by atoms with E-state index in [1.54, 1.807) is 40.6 Å². The van der Waals surface area contributed by atoms with Gasteiger partial charge in [0, 0.05) is 12.1 Å². The molecule has 0 aromatic heterocycles. The first-order valence-corrected chi connectivity index (χ1v) is 6.38. The van der Waals surface area contributed by atoms with Gasteiger partial charge in [-0.3, -0.25) is 0 Å². The van der Waals surface area contributed by atoms with Crippen LogP contribution < -0.4 is 24.7 Å². The van der Waals surface area contributed by atoms with Crippen LogP contribution in [0.2, 0.25) is 0 Å². The summed E-state index contributed by atoms with van der Waals surface area (Å²) in [6, 6.07) is 9.15. The highest BCUT2D eigenvalue weighted by atomic mass is 16.5. The Morgan fingerprint density at radius 2 is 1.29 bits per heavy atom. The van der Waals surface area contributed by atoms with E-state index in [4.69, 9.17) is 24.7 Å². The third kappa shape index (κ3) is 2.81. The summed E-state index contributed by atoms with van der Waals surface area (Å²) in [7, 11) is 6.38. The van der Waals surface area contributed by atoms with E-state index in [0.29, 0.717) is 28.7 Å². The SMILES string of the molecule is COc1cc(OC)c(-c2ccc(OC)c(N)c2)c(OC)c1. The van der Waals surface area contributed by atoms with Gasteiger partial charge < -0.3 is 24.7 Å². The quantitative estimate of drug-likeness (QED) is 0.857. The fraction of sp³-hybridized carbons (Fsp3) is 0.250. The molecule has 2 N–H and O–H groups in total. The minimum atomic E-state index is 0.551. The van der Waals surface area contributed by atoms with Crippen molar-refractivity contribution in [3.05, 3.63) is 30.3 Å². The van der Waals surface area contributed by atoms with Gasteiger partial charge in [0.15, 0.2) is 0 Å². The van der Waals surface area contributed by atoms with Crippen molar-refractivity contribution >= 4 is 5.69 Å². The molecule has 0 radical (unpaired) electrons. The van der Waals surface area contributed by atoms with Gasteiger partial charge in [-0.05, 0) is 17.7 Å². The van der Waals surface area contributed by atoms with Gasteiger partial charge in [0.2, 0.25) is 0 Å². The first-order valence-electron chi connectivity index (χ1n) is 6.38. The molecular weight excluding hydrogens is 270 g/mol. The van der Waals surface area contributed by atoms with Crippen LogP contribution in [0.4, 0.5) is 5.69 Å². The summed E-state index contributed by atoms with van der Waals surface area (Å²) < 4.78 is 21.3. The fourth-order valence-electron chi connectivity index (χ4n) is 2.18. The minimum absolute atomic E-state index is 0.551. The molecule has 21 heavy (non-hydrogen) atoms. The number of nitrogen functional groups attached to an aromatic ring is 1. The third-order valence-corrected chi connectivity index (χ3v) is 3.23. The zero-order valence-electron chi connectivity index (χ0n) is 12.6. The van der Waals surface area contributed by atoms with Crippen LogP contribution >= 0.6 is 0 Å². The predicted octanol–water partition coefficient (Wildman–Crippen LogP) is 2.97. The van der Waals surface area contributed by atoms with Crippen LogP contribution in [0.15, 0.2) is 30.3 Å². The second-order valence-corrected chi connectivity index (χ2v) is 4.36. The lowest BCUT2D eigenvalue weighted by atomic mass is 10.0. The van der Waals surface area contributed by atoms with Crippen LogP contribution in [0, 0.1) is 0 Å². The molecule has 5 heteroatoms. The molecule has 0 aliphatic heterocycles. The van der Waals surface area contributed by atoms with E-state index in [1.165, 1.54) is 0 Å². The predicted molar refractivity (Wildman–Crippen MR) is 82.5 cm³/mol. The third-order valence-electron chi connectivity index (χ3n) is 3.23. The van der Waals surface area contributed by atoms with Crippen LogP contribution in [0.3, 0.4) is 0 Å². The molecular formula is C16H19NO4. The highest BCUT2D eigenvalue weighted by Gasteiger charge is 2.16. The zero-order chi connectivity index (χ0) is 15.4. The monoisotopic (exact) mass is 289 g/mol. The summed E-state index contributed by atoms with van der Waals surface area (Å²) in [6.07, 6.45) is 0. The van der Waals surface area contributed by atoms with Crippen LogP contribution in [-0.2, 0) is 0 Å². The van der Waals surface area contributed by atoms with E-state index in [-0.39, 0.29) is 0 Å². The molecule has 0 saturated heterocycles. The topological polar surface area (TPSA) is 62.9 Å². The van der Waals surface area contributed by atoms with Crippen molar-refractivity contribution in [1.29, 1.82) is 0 Å². The maximum Gasteiger partial charge on any atom is 0.141 e. The Bertz CT molecular complexity index is 615. The number of hydrogen-bond acceptors (Lipinski definition) is 5. The fourth-order valence-corrected chi connectivity index (χ4v) is 2.18. The summed E-state index contributed by atoms with van der Waals surface area (Å²) in [5.74, 6) is 2.59. The molecule has 0 heterocycles. The lowest BCUT2D eigenvalue weighted by Gasteiger charge is -2.16. The average Bonchev–Trinajstić information content (AvgIpc) is 2.53. The first-order chi connectivity index (χ1) is 10.1. The van der Waals surface area contributed by atoms with Gasteiger partial charge in [0.1, 0.15) is 23.0 Å². The Kier molecular flexibility index (Phi) is 4.42. The Morgan fingerprint density at radius 1 is 0.714 bits per heavy atom. The molecule has 5 nitrogen and oxygen atoms in total. The Balaban J connectivity index is 2.64. The summed E-state index contributed by atoms with van der Waals surface area (Å²) in [4.78, 5) is 0. The molecule has 112 valence electrons. The van der Waals surface area contributed by atoms with Gasteiger partial charge in [-0.2, -0.15) is 0 Å². The summed E-state index contributed by atoms with van der Waals surface area (Å²) >= 11 is 0. The standard InChI is InChI=1S/C16H19NO4/c1-18-11-8-14(20-3)16(15(9-11)21-4)10-5-6-13(19-2)12(17)7-10/h5-9H,17H2,1-4H3.